The Bertz CT molecular complexity index is 981. The molecule has 0 spiro atoms. The Balaban J connectivity index is 1.81. The monoisotopic (exact) mass is 410 g/mol. The van der Waals surface area contributed by atoms with Gasteiger partial charge < -0.3 is 9.47 Å². The molecule has 0 aromatic heterocycles. The molecule has 2 aromatic carbocycles. The molecule has 29 heavy (non-hydrogen) atoms. The van der Waals surface area contributed by atoms with Crippen LogP contribution in [0.4, 0.5) is 5.69 Å². The highest BCUT2D eigenvalue weighted by Gasteiger charge is 2.30. The average Bonchev–Trinajstić information content (AvgIpc) is 2.95. The zero-order valence-corrected chi connectivity index (χ0v) is 17.5. The van der Waals surface area contributed by atoms with Crippen LogP contribution in [0.5, 0.6) is 5.75 Å². The number of benzene rings is 2. The lowest BCUT2D eigenvalue weighted by atomic mass is 10.2. The summed E-state index contributed by atoms with van der Waals surface area (Å²) in [7, 11) is 3.03. The van der Waals surface area contributed by atoms with E-state index in [9.17, 15) is 9.59 Å². The standard InChI is InChI=1S/C22H22N2O4S/c1-14(2)28-18-7-5-6-15(12-18)13-19-20(25)24(3)22(29-19)23-17-10-8-16(9-11-17)21(26)27-4/h5-14H,1-4H3/b19-13+,23-22?. The van der Waals surface area contributed by atoms with E-state index in [0.717, 1.165) is 11.3 Å². The molecule has 1 aliphatic rings. The van der Waals surface area contributed by atoms with E-state index in [0.29, 0.717) is 21.3 Å². The van der Waals surface area contributed by atoms with Gasteiger partial charge in [0.15, 0.2) is 5.17 Å². The molecule has 0 unspecified atom stereocenters. The van der Waals surface area contributed by atoms with Gasteiger partial charge in [0.05, 0.1) is 29.4 Å². The van der Waals surface area contributed by atoms with Crippen molar-refractivity contribution in [3.05, 3.63) is 64.6 Å². The maximum atomic E-state index is 12.6. The van der Waals surface area contributed by atoms with Crippen molar-refractivity contribution in [2.75, 3.05) is 14.2 Å². The Labute approximate surface area is 174 Å². The fourth-order valence-electron chi connectivity index (χ4n) is 2.65. The number of likely N-dealkylation sites (N-methyl/N-ethyl adjacent to an activating group) is 1. The highest BCUT2D eigenvalue weighted by Crippen LogP contribution is 2.33. The Morgan fingerprint density at radius 2 is 1.90 bits per heavy atom. The first-order valence-corrected chi connectivity index (χ1v) is 9.90. The van der Waals surface area contributed by atoms with Crippen molar-refractivity contribution < 1.29 is 19.1 Å². The highest BCUT2D eigenvalue weighted by atomic mass is 32.2. The smallest absolute Gasteiger partial charge is 0.337 e. The van der Waals surface area contributed by atoms with Gasteiger partial charge in [-0.15, -0.1) is 0 Å². The second-order valence-electron chi connectivity index (χ2n) is 6.65. The molecule has 0 atom stereocenters. The van der Waals surface area contributed by atoms with Gasteiger partial charge in [-0.1, -0.05) is 12.1 Å². The number of amides is 1. The number of carbonyl (C=O) groups excluding carboxylic acids is 2. The van der Waals surface area contributed by atoms with Crippen molar-refractivity contribution >= 4 is 40.6 Å². The topological polar surface area (TPSA) is 68.2 Å². The second-order valence-corrected chi connectivity index (χ2v) is 7.66. The first-order chi connectivity index (χ1) is 13.9. The number of hydrogen-bond donors (Lipinski definition) is 0. The van der Waals surface area contributed by atoms with Crippen molar-refractivity contribution in [2.24, 2.45) is 4.99 Å². The largest absolute Gasteiger partial charge is 0.491 e. The van der Waals surface area contributed by atoms with E-state index in [-0.39, 0.29) is 12.0 Å². The fourth-order valence-corrected chi connectivity index (χ4v) is 3.64. The number of methoxy groups -OCH3 is 1. The summed E-state index contributed by atoms with van der Waals surface area (Å²) in [6.45, 7) is 3.94. The average molecular weight is 410 g/mol. The fraction of sp³-hybridized carbons (Fsp3) is 0.227. The number of thioether (sulfide) groups is 1. The van der Waals surface area contributed by atoms with Crippen LogP contribution in [-0.2, 0) is 9.53 Å². The third-order valence-electron chi connectivity index (χ3n) is 4.04. The van der Waals surface area contributed by atoms with E-state index >= 15 is 0 Å². The summed E-state index contributed by atoms with van der Waals surface area (Å²) in [5, 5.41) is 0.571. The van der Waals surface area contributed by atoms with E-state index in [1.54, 1.807) is 31.3 Å². The molecule has 1 amide bonds. The number of carbonyl (C=O) groups is 2. The molecular formula is C22H22N2O4S. The molecular weight excluding hydrogens is 388 g/mol. The van der Waals surface area contributed by atoms with Gasteiger partial charge in [0, 0.05) is 7.05 Å². The van der Waals surface area contributed by atoms with E-state index in [4.69, 9.17) is 9.47 Å². The van der Waals surface area contributed by atoms with Crippen LogP contribution in [0.15, 0.2) is 58.4 Å². The third-order valence-corrected chi connectivity index (χ3v) is 5.10. The quantitative estimate of drug-likeness (QED) is 0.536. The first-order valence-electron chi connectivity index (χ1n) is 9.09. The number of esters is 1. The van der Waals surface area contributed by atoms with Crippen LogP contribution in [-0.4, -0.2) is 42.2 Å². The Kier molecular flexibility index (Phi) is 6.39. The molecule has 1 fully saturated rings. The van der Waals surface area contributed by atoms with Gasteiger partial charge in [0.25, 0.3) is 5.91 Å². The van der Waals surface area contributed by atoms with Crippen molar-refractivity contribution in [1.82, 2.24) is 4.90 Å². The molecule has 1 aliphatic heterocycles. The van der Waals surface area contributed by atoms with Crippen LogP contribution >= 0.6 is 11.8 Å². The number of nitrogens with zero attached hydrogens (tertiary/aromatic N) is 2. The van der Waals surface area contributed by atoms with Gasteiger partial charge >= 0.3 is 5.97 Å². The predicted molar refractivity (Wildman–Crippen MR) is 115 cm³/mol. The number of rotatable bonds is 5. The van der Waals surface area contributed by atoms with Gasteiger partial charge in [-0.25, -0.2) is 9.79 Å². The normalized spacial score (nSPS) is 16.7. The summed E-state index contributed by atoms with van der Waals surface area (Å²) in [6, 6.07) is 14.3. The van der Waals surface area contributed by atoms with Gasteiger partial charge in [-0.05, 0) is 73.6 Å². The van der Waals surface area contributed by atoms with Crippen LogP contribution in [0, 0.1) is 0 Å². The highest BCUT2D eigenvalue weighted by molar-refractivity contribution is 8.18. The summed E-state index contributed by atoms with van der Waals surface area (Å²) in [5.74, 6) is 0.244. The molecule has 0 aliphatic carbocycles. The Hall–Kier alpha value is -3.06. The zero-order valence-electron chi connectivity index (χ0n) is 16.7. The van der Waals surface area contributed by atoms with Gasteiger partial charge in [-0.2, -0.15) is 0 Å². The number of aliphatic imine (C=N–C) groups is 1. The molecule has 7 heteroatoms. The van der Waals surface area contributed by atoms with Crippen molar-refractivity contribution in [3.8, 4) is 5.75 Å². The number of ether oxygens (including phenoxy) is 2. The molecule has 0 radical (unpaired) electrons. The summed E-state index contributed by atoms with van der Waals surface area (Å²) in [6.07, 6.45) is 1.91. The second kappa shape index (κ2) is 8.96. The molecule has 1 heterocycles. The molecule has 150 valence electrons. The van der Waals surface area contributed by atoms with E-state index < -0.39 is 5.97 Å². The van der Waals surface area contributed by atoms with Crippen LogP contribution in [0.25, 0.3) is 6.08 Å². The van der Waals surface area contributed by atoms with Gasteiger partial charge in [0.2, 0.25) is 0 Å². The van der Waals surface area contributed by atoms with E-state index in [1.807, 2.05) is 44.2 Å². The molecule has 3 rings (SSSR count). The summed E-state index contributed by atoms with van der Waals surface area (Å²) in [5.41, 5.74) is 1.98. The zero-order chi connectivity index (χ0) is 21.0. The summed E-state index contributed by atoms with van der Waals surface area (Å²) >= 11 is 1.31. The minimum Gasteiger partial charge on any atom is -0.491 e. The molecule has 1 saturated heterocycles. The minimum absolute atomic E-state index is 0.0795. The SMILES string of the molecule is COC(=O)c1ccc(N=C2S/C(=C/c3cccc(OC(C)C)c3)C(=O)N2C)cc1. The molecule has 6 nitrogen and oxygen atoms in total. The van der Waals surface area contributed by atoms with Crippen LogP contribution in [0.1, 0.15) is 29.8 Å². The number of amidine groups is 1. The summed E-state index contributed by atoms with van der Waals surface area (Å²) in [4.78, 5) is 30.8. The van der Waals surface area contributed by atoms with Crippen molar-refractivity contribution in [1.29, 1.82) is 0 Å². The first kappa shape index (κ1) is 20.7. The molecule has 0 bridgehead atoms. The van der Waals surface area contributed by atoms with Crippen LogP contribution in [0.2, 0.25) is 0 Å². The Morgan fingerprint density at radius 3 is 2.55 bits per heavy atom. The maximum absolute atomic E-state index is 12.6. The van der Waals surface area contributed by atoms with Crippen molar-refractivity contribution in [3.63, 3.8) is 0 Å². The number of hydrogen-bond acceptors (Lipinski definition) is 6. The van der Waals surface area contributed by atoms with Crippen LogP contribution in [0.3, 0.4) is 0 Å². The Morgan fingerprint density at radius 1 is 1.17 bits per heavy atom. The third kappa shape index (κ3) is 5.06. The molecule has 0 N–H and O–H groups in total. The van der Waals surface area contributed by atoms with E-state index in [2.05, 4.69) is 4.99 Å². The predicted octanol–water partition coefficient (Wildman–Crippen LogP) is 4.49. The lowest BCUT2D eigenvalue weighted by molar-refractivity contribution is -0.121. The lowest BCUT2D eigenvalue weighted by Gasteiger charge is -2.09. The van der Waals surface area contributed by atoms with Crippen LogP contribution < -0.4 is 4.74 Å². The maximum Gasteiger partial charge on any atom is 0.337 e. The van der Waals surface area contributed by atoms with Gasteiger partial charge in [-0.3, -0.25) is 9.69 Å². The minimum atomic E-state index is -0.402. The summed E-state index contributed by atoms with van der Waals surface area (Å²) < 4.78 is 10.4. The molecule has 0 saturated carbocycles. The van der Waals surface area contributed by atoms with E-state index in [1.165, 1.54) is 23.8 Å². The lowest BCUT2D eigenvalue weighted by Crippen LogP contribution is -2.23. The van der Waals surface area contributed by atoms with Crippen molar-refractivity contribution in [2.45, 2.75) is 20.0 Å². The van der Waals surface area contributed by atoms with Gasteiger partial charge in [0.1, 0.15) is 5.75 Å². The molecule has 2 aromatic rings.